The quantitative estimate of drug-likeness (QED) is 0.164. The Hall–Kier alpha value is -5.23. The van der Waals surface area contributed by atoms with E-state index in [9.17, 15) is 18.0 Å². The molecule has 11 heteroatoms. The first-order valence-electron chi connectivity index (χ1n) is 20.2. The summed E-state index contributed by atoms with van der Waals surface area (Å²) in [6.07, 6.45) is 7.70. The topological polar surface area (TPSA) is 118 Å². The molecule has 0 saturated heterocycles. The Morgan fingerprint density at radius 3 is 1.00 bits per heavy atom. The van der Waals surface area contributed by atoms with E-state index in [2.05, 4.69) is 10.2 Å². The SMILES string of the molecule is CC(C)(C)C1=CC(=C(N=Nc2ccc(S(=O)(=O)c3ccc(N=NC(=C4C=C(C(C)(C)C)C(=O)C(C(C)(C)C)=C4)c4cccs4)cc3)cc2)c2cccs2)C=C(C(C)(C)C)C1=O. The minimum absolute atomic E-state index is 0.0389. The summed E-state index contributed by atoms with van der Waals surface area (Å²) in [6.45, 7) is 24.4. The monoisotopic (exact) mass is 870 g/mol. The van der Waals surface area contributed by atoms with Gasteiger partial charge < -0.3 is 0 Å². The molecule has 0 bridgehead atoms. The molecule has 2 aromatic heterocycles. The van der Waals surface area contributed by atoms with Gasteiger partial charge >= 0.3 is 0 Å². The molecular weight excluding hydrogens is 817 g/mol. The molecule has 4 aromatic rings. The van der Waals surface area contributed by atoms with Crippen LogP contribution in [0.2, 0.25) is 0 Å². The third-order valence-electron chi connectivity index (χ3n) is 10.3. The van der Waals surface area contributed by atoms with Crippen LogP contribution in [0, 0.1) is 21.7 Å². The molecule has 6 rings (SSSR count). The van der Waals surface area contributed by atoms with Gasteiger partial charge in [0.25, 0.3) is 0 Å². The second-order valence-electron chi connectivity index (χ2n) is 19.3. The number of ketones is 2. The fourth-order valence-corrected chi connectivity index (χ4v) is 9.54. The molecule has 61 heavy (non-hydrogen) atoms. The zero-order valence-corrected chi connectivity index (χ0v) is 39.5. The van der Waals surface area contributed by atoms with Gasteiger partial charge in [0.15, 0.2) is 11.6 Å². The van der Waals surface area contributed by atoms with Crippen LogP contribution in [0.15, 0.2) is 172 Å². The summed E-state index contributed by atoms with van der Waals surface area (Å²) in [5, 5.41) is 22.5. The molecule has 0 amide bonds. The summed E-state index contributed by atoms with van der Waals surface area (Å²) >= 11 is 3.06. The molecule has 0 N–H and O–H groups in total. The molecule has 2 aromatic carbocycles. The molecule has 0 aliphatic heterocycles. The lowest BCUT2D eigenvalue weighted by Crippen LogP contribution is -2.28. The normalized spacial score (nSPS) is 15.9. The molecule has 8 nitrogen and oxygen atoms in total. The number of rotatable bonds is 8. The number of azo groups is 2. The van der Waals surface area contributed by atoms with Crippen LogP contribution in [0.25, 0.3) is 11.4 Å². The highest BCUT2D eigenvalue weighted by Crippen LogP contribution is 2.43. The molecular formula is C50H54N4O4S3. The number of carbonyl (C=O) groups is 2. The summed E-state index contributed by atoms with van der Waals surface area (Å²) in [7, 11) is -3.89. The van der Waals surface area contributed by atoms with Crippen LogP contribution in [-0.2, 0) is 19.4 Å². The lowest BCUT2D eigenvalue weighted by molar-refractivity contribution is -0.114. The van der Waals surface area contributed by atoms with Crippen molar-refractivity contribution in [3.05, 3.63) is 151 Å². The standard InChI is InChI=1S/C50H54N4O4S3/c1-47(2,3)37-27-31(28-38(45(37)55)48(4,5)6)43(41-15-13-25-59-41)53-51-33-17-21-35(22-18-33)61(57,58)36-23-19-34(20-24-36)52-54-44(42-16-14-26-60-42)32-29-39(49(7,8)9)46(56)40(30-32)50(10,11)12/h13-30H,1-12H3. The van der Waals surface area contributed by atoms with Gasteiger partial charge in [-0.05, 0) is 117 Å². The third-order valence-corrected chi connectivity index (χ3v) is 13.8. The van der Waals surface area contributed by atoms with Gasteiger partial charge in [-0.2, -0.15) is 10.2 Å². The average Bonchev–Trinajstić information content (AvgIpc) is 3.91. The molecule has 0 saturated carbocycles. The van der Waals surface area contributed by atoms with Gasteiger partial charge in [0, 0.05) is 33.4 Å². The van der Waals surface area contributed by atoms with E-state index in [-0.39, 0.29) is 43.0 Å². The first-order chi connectivity index (χ1) is 28.4. The van der Waals surface area contributed by atoms with E-state index in [0.717, 1.165) is 20.9 Å². The van der Waals surface area contributed by atoms with Crippen molar-refractivity contribution in [2.45, 2.75) is 92.9 Å². The highest BCUT2D eigenvalue weighted by molar-refractivity contribution is 7.91. The second kappa shape index (κ2) is 16.9. The number of Topliss-reactive ketones (excluding diaryl/α,β-unsaturated/α-hetero) is 2. The number of allylic oxidation sites excluding steroid dienone is 10. The molecule has 2 heterocycles. The Kier molecular flexibility index (Phi) is 12.6. The van der Waals surface area contributed by atoms with Gasteiger partial charge in [-0.3, -0.25) is 9.59 Å². The van der Waals surface area contributed by atoms with E-state index < -0.39 is 9.84 Å². The minimum Gasteiger partial charge on any atom is -0.289 e. The molecule has 0 radical (unpaired) electrons. The maximum absolute atomic E-state index is 13.8. The van der Waals surface area contributed by atoms with Crippen molar-refractivity contribution in [2.75, 3.05) is 0 Å². The molecule has 0 spiro atoms. The van der Waals surface area contributed by atoms with Crippen molar-refractivity contribution in [3.8, 4) is 0 Å². The van der Waals surface area contributed by atoms with Gasteiger partial charge in [0.1, 0.15) is 11.4 Å². The van der Waals surface area contributed by atoms with Crippen molar-refractivity contribution < 1.29 is 18.0 Å². The summed E-state index contributed by atoms with van der Waals surface area (Å²) in [5.74, 6) is 0.0778. The number of benzene rings is 2. The van der Waals surface area contributed by atoms with Crippen LogP contribution < -0.4 is 0 Å². The molecule has 0 fully saturated rings. The van der Waals surface area contributed by atoms with Gasteiger partial charge in [-0.1, -0.05) is 95.2 Å². The first kappa shape index (κ1) is 45.3. The molecule has 0 atom stereocenters. The van der Waals surface area contributed by atoms with Crippen LogP contribution in [0.1, 0.15) is 92.8 Å². The number of hydrogen-bond acceptors (Lipinski definition) is 10. The zero-order valence-electron chi connectivity index (χ0n) is 37.0. The van der Waals surface area contributed by atoms with Crippen LogP contribution in [-0.4, -0.2) is 20.0 Å². The summed E-state index contributed by atoms with van der Waals surface area (Å²) < 4.78 is 27.6. The van der Waals surface area contributed by atoms with Crippen molar-refractivity contribution >= 4 is 66.8 Å². The zero-order chi connectivity index (χ0) is 44.7. The highest BCUT2D eigenvalue weighted by atomic mass is 32.2. The molecule has 316 valence electrons. The molecule has 2 aliphatic rings. The van der Waals surface area contributed by atoms with E-state index >= 15 is 0 Å². The largest absolute Gasteiger partial charge is 0.289 e. The highest BCUT2D eigenvalue weighted by Gasteiger charge is 2.36. The fourth-order valence-electron chi connectivity index (χ4n) is 6.82. The summed E-state index contributed by atoms with van der Waals surface area (Å²) in [5.41, 5.74) is 5.10. The van der Waals surface area contributed by atoms with Gasteiger partial charge in [0.2, 0.25) is 9.84 Å². The average molecular weight is 871 g/mol. The predicted molar refractivity (Wildman–Crippen MR) is 250 cm³/mol. The summed E-state index contributed by atoms with van der Waals surface area (Å²) in [6, 6.07) is 20.5. The second-order valence-corrected chi connectivity index (χ2v) is 23.2. The Morgan fingerprint density at radius 1 is 0.459 bits per heavy atom. The van der Waals surface area contributed by atoms with Crippen molar-refractivity contribution in [3.63, 3.8) is 0 Å². The van der Waals surface area contributed by atoms with E-state index in [1.165, 1.54) is 46.9 Å². The number of thiophene rings is 2. The maximum Gasteiger partial charge on any atom is 0.206 e. The lowest BCUT2D eigenvalue weighted by atomic mass is 9.71. The van der Waals surface area contributed by atoms with Gasteiger partial charge in [-0.25, -0.2) is 8.42 Å². The minimum atomic E-state index is -3.89. The van der Waals surface area contributed by atoms with Crippen molar-refractivity contribution in [1.82, 2.24) is 0 Å². The number of nitrogens with zero attached hydrogens (tertiary/aromatic N) is 4. The number of carbonyl (C=O) groups excluding carboxylic acids is 2. The Balaban J connectivity index is 1.29. The Labute approximate surface area is 369 Å². The number of hydrogen-bond donors (Lipinski definition) is 0. The molecule has 2 aliphatic carbocycles. The molecule has 0 unspecified atom stereocenters. The van der Waals surface area contributed by atoms with E-state index in [1.807, 2.05) is 142 Å². The Morgan fingerprint density at radius 2 is 0.754 bits per heavy atom. The van der Waals surface area contributed by atoms with Gasteiger partial charge in [0.05, 0.1) is 30.9 Å². The van der Waals surface area contributed by atoms with Crippen LogP contribution in [0.5, 0.6) is 0 Å². The summed E-state index contributed by atoms with van der Waals surface area (Å²) in [4.78, 5) is 29.3. The van der Waals surface area contributed by atoms with E-state index in [4.69, 9.17) is 10.2 Å². The smallest absolute Gasteiger partial charge is 0.206 e. The van der Waals surface area contributed by atoms with Crippen molar-refractivity contribution in [2.24, 2.45) is 42.1 Å². The van der Waals surface area contributed by atoms with Crippen LogP contribution in [0.3, 0.4) is 0 Å². The lowest BCUT2D eigenvalue weighted by Gasteiger charge is -2.31. The Bertz CT molecular complexity index is 2450. The predicted octanol–water partition coefficient (Wildman–Crippen LogP) is 14.7. The van der Waals surface area contributed by atoms with Crippen LogP contribution >= 0.6 is 22.7 Å². The number of sulfone groups is 1. The van der Waals surface area contributed by atoms with E-state index in [1.54, 1.807) is 24.3 Å². The van der Waals surface area contributed by atoms with Crippen molar-refractivity contribution in [1.29, 1.82) is 0 Å². The fraction of sp³-hybridized carbons (Fsp3) is 0.320. The van der Waals surface area contributed by atoms with Gasteiger partial charge in [-0.15, -0.1) is 32.9 Å². The van der Waals surface area contributed by atoms with Crippen LogP contribution in [0.4, 0.5) is 11.4 Å². The first-order valence-corrected chi connectivity index (χ1v) is 23.4. The maximum atomic E-state index is 13.8. The third kappa shape index (κ3) is 10.1. The van der Waals surface area contributed by atoms with E-state index in [0.29, 0.717) is 45.1 Å².